The molecule has 2 aliphatic heterocycles. The number of amides is 2. The first kappa shape index (κ1) is 18.3. The lowest BCUT2D eigenvalue weighted by Gasteiger charge is -2.12. The predicted octanol–water partition coefficient (Wildman–Crippen LogP) is 3.49. The van der Waals surface area contributed by atoms with Gasteiger partial charge in [-0.1, -0.05) is 12.1 Å². The number of carbonyl (C=O) groups excluding carboxylic acids is 2. The monoisotopic (exact) mass is 392 g/mol. The summed E-state index contributed by atoms with van der Waals surface area (Å²) in [7, 11) is 0. The van der Waals surface area contributed by atoms with Gasteiger partial charge in [0.25, 0.3) is 11.8 Å². The Labute approximate surface area is 169 Å². The first-order valence-electron chi connectivity index (χ1n) is 10.3. The Kier molecular flexibility index (Phi) is 4.81. The molecule has 2 amide bonds. The van der Waals surface area contributed by atoms with E-state index < -0.39 is 0 Å². The Hall–Kier alpha value is -2.70. The van der Waals surface area contributed by atoms with Gasteiger partial charge in [0.05, 0.1) is 0 Å². The van der Waals surface area contributed by atoms with Crippen LogP contribution in [0.2, 0.25) is 0 Å². The van der Waals surface area contributed by atoms with Gasteiger partial charge in [0.1, 0.15) is 12.2 Å². The number of rotatable bonds is 4. The van der Waals surface area contributed by atoms with Crippen LogP contribution in [0.25, 0.3) is 11.1 Å². The normalized spacial score (nSPS) is 22.2. The van der Waals surface area contributed by atoms with Crippen LogP contribution in [0, 0.1) is 0 Å². The van der Waals surface area contributed by atoms with Gasteiger partial charge in [-0.3, -0.25) is 9.59 Å². The van der Waals surface area contributed by atoms with Crippen LogP contribution >= 0.6 is 0 Å². The van der Waals surface area contributed by atoms with Crippen LogP contribution in [0.4, 0.5) is 11.4 Å². The van der Waals surface area contributed by atoms with E-state index in [0.717, 1.165) is 43.5 Å². The maximum Gasteiger partial charge on any atom is 0.253 e. The number of hydrogen-bond donors (Lipinski definition) is 2. The molecule has 2 N–H and O–H groups in total. The highest BCUT2D eigenvalue weighted by atomic mass is 16.5. The van der Waals surface area contributed by atoms with E-state index in [0.29, 0.717) is 13.2 Å². The molecule has 0 unspecified atom stereocenters. The van der Waals surface area contributed by atoms with Crippen LogP contribution in [-0.4, -0.2) is 37.2 Å². The van der Waals surface area contributed by atoms with Crippen molar-refractivity contribution in [3.63, 3.8) is 0 Å². The number of benzene rings is 2. The number of hydrogen-bond acceptors (Lipinski definition) is 4. The molecular formula is C23H24N2O4. The SMILES string of the molecule is O=C(Nc1ccc2c(c1)Cc1cc(NC(=O)[C@@H]3CCCO3)ccc1-2)[C@@H]1CCCO1. The molecule has 0 radical (unpaired) electrons. The smallest absolute Gasteiger partial charge is 0.253 e. The topological polar surface area (TPSA) is 76.7 Å². The van der Waals surface area contributed by atoms with Gasteiger partial charge in [-0.05, 0) is 78.6 Å². The van der Waals surface area contributed by atoms with E-state index in [4.69, 9.17) is 9.47 Å². The van der Waals surface area contributed by atoms with E-state index in [1.807, 2.05) is 24.3 Å². The number of ether oxygens (including phenoxy) is 2. The van der Waals surface area contributed by atoms with Crippen LogP contribution in [0.1, 0.15) is 36.8 Å². The zero-order valence-electron chi connectivity index (χ0n) is 16.2. The van der Waals surface area contributed by atoms with Crippen molar-refractivity contribution in [1.82, 2.24) is 0 Å². The second kappa shape index (κ2) is 7.61. The quantitative estimate of drug-likeness (QED) is 0.713. The van der Waals surface area contributed by atoms with Crippen molar-refractivity contribution < 1.29 is 19.1 Å². The second-order valence-electron chi connectivity index (χ2n) is 7.90. The zero-order chi connectivity index (χ0) is 19.8. The maximum absolute atomic E-state index is 12.3. The molecule has 0 spiro atoms. The third-order valence-corrected chi connectivity index (χ3v) is 5.86. The summed E-state index contributed by atoms with van der Waals surface area (Å²) in [4.78, 5) is 24.6. The van der Waals surface area contributed by atoms with Gasteiger partial charge in [0, 0.05) is 24.6 Å². The van der Waals surface area contributed by atoms with Gasteiger partial charge in [0.2, 0.25) is 0 Å². The maximum atomic E-state index is 12.3. The molecule has 6 nitrogen and oxygen atoms in total. The summed E-state index contributed by atoms with van der Waals surface area (Å²) in [5.41, 5.74) is 6.28. The average molecular weight is 392 g/mol. The number of nitrogens with one attached hydrogen (secondary N) is 2. The largest absolute Gasteiger partial charge is 0.368 e. The number of carbonyl (C=O) groups is 2. The second-order valence-corrected chi connectivity index (χ2v) is 7.90. The standard InChI is InChI=1S/C23H24N2O4/c26-22(20-3-1-9-28-20)24-16-5-7-18-14(12-16)11-15-13-17(6-8-19(15)18)25-23(27)21-4-2-10-29-21/h5-8,12-13,20-21H,1-4,9-11H2,(H,24,26)(H,25,27)/t20-,21-/m0/s1. The molecule has 29 heavy (non-hydrogen) atoms. The van der Waals surface area contributed by atoms with Crippen molar-refractivity contribution in [2.24, 2.45) is 0 Å². The van der Waals surface area contributed by atoms with Crippen molar-refractivity contribution >= 4 is 23.2 Å². The van der Waals surface area contributed by atoms with E-state index in [2.05, 4.69) is 22.8 Å². The lowest BCUT2D eigenvalue weighted by Crippen LogP contribution is -2.26. The summed E-state index contributed by atoms with van der Waals surface area (Å²) in [5, 5.41) is 5.95. The average Bonchev–Trinajstić information content (AvgIpc) is 3.47. The van der Waals surface area contributed by atoms with Crippen molar-refractivity contribution in [1.29, 1.82) is 0 Å². The molecule has 2 heterocycles. The Morgan fingerprint density at radius 1 is 0.759 bits per heavy atom. The molecule has 2 atom stereocenters. The van der Waals surface area contributed by atoms with Crippen molar-refractivity contribution in [3.05, 3.63) is 47.5 Å². The highest BCUT2D eigenvalue weighted by molar-refractivity contribution is 5.96. The molecular weight excluding hydrogens is 368 g/mol. The zero-order valence-corrected chi connectivity index (χ0v) is 16.2. The lowest BCUT2D eigenvalue weighted by atomic mass is 10.0. The summed E-state index contributed by atoms with van der Waals surface area (Å²) in [6.45, 7) is 1.31. The first-order chi connectivity index (χ1) is 14.2. The van der Waals surface area contributed by atoms with Gasteiger partial charge in [-0.2, -0.15) is 0 Å². The summed E-state index contributed by atoms with van der Waals surface area (Å²) < 4.78 is 10.9. The van der Waals surface area contributed by atoms with Gasteiger partial charge in [-0.25, -0.2) is 0 Å². The van der Waals surface area contributed by atoms with E-state index in [1.54, 1.807) is 0 Å². The van der Waals surface area contributed by atoms with E-state index in [1.165, 1.54) is 22.3 Å². The molecule has 2 aromatic rings. The Morgan fingerprint density at radius 3 is 1.66 bits per heavy atom. The molecule has 0 aromatic heterocycles. The van der Waals surface area contributed by atoms with E-state index in [-0.39, 0.29) is 24.0 Å². The minimum Gasteiger partial charge on any atom is -0.368 e. The van der Waals surface area contributed by atoms with Crippen LogP contribution in [-0.2, 0) is 25.5 Å². The highest BCUT2D eigenvalue weighted by Crippen LogP contribution is 2.39. The molecule has 3 aliphatic rings. The summed E-state index contributed by atoms with van der Waals surface area (Å²) in [6.07, 6.45) is 3.53. The minimum absolute atomic E-state index is 0.0721. The fraction of sp³-hybridized carbons (Fsp3) is 0.391. The van der Waals surface area contributed by atoms with Crippen LogP contribution in [0.3, 0.4) is 0 Å². The molecule has 6 heteroatoms. The Bertz CT molecular complexity index is 882. The molecule has 2 aromatic carbocycles. The van der Waals surface area contributed by atoms with Crippen molar-refractivity contribution in [2.45, 2.75) is 44.3 Å². The Morgan fingerprint density at radius 2 is 1.24 bits per heavy atom. The highest BCUT2D eigenvalue weighted by Gasteiger charge is 2.26. The lowest BCUT2D eigenvalue weighted by molar-refractivity contribution is -0.125. The molecule has 2 fully saturated rings. The summed E-state index contributed by atoms with van der Waals surface area (Å²) in [6, 6.07) is 12.1. The number of fused-ring (bicyclic) bond motifs is 3. The third kappa shape index (κ3) is 3.66. The molecule has 5 rings (SSSR count). The summed E-state index contributed by atoms with van der Waals surface area (Å²) >= 11 is 0. The van der Waals surface area contributed by atoms with Gasteiger partial charge >= 0.3 is 0 Å². The predicted molar refractivity (Wildman–Crippen MR) is 110 cm³/mol. The van der Waals surface area contributed by atoms with Crippen LogP contribution < -0.4 is 10.6 Å². The fourth-order valence-electron chi connectivity index (χ4n) is 4.38. The minimum atomic E-state index is -0.338. The molecule has 1 aliphatic carbocycles. The third-order valence-electron chi connectivity index (χ3n) is 5.86. The van der Waals surface area contributed by atoms with Crippen LogP contribution in [0.5, 0.6) is 0 Å². The number of anilines is 2. The van der Waals surface area contributed by atoms with Crippen LogP contribution in [0.15, 0.2) is 36.4 Å². The van der Waals surface area contributed by atoms with Gasteiger partial charge < -0.3 is 20.1 Å². The van der Waals surface area contributed by atoms with E-state index >= 15 is 0 Å². The van der Waals surface area contributed by atoms with Crippen molar-refractivity contribution in [2.75, 3.05) is 23.8 Å². The molecule has 0 saturated carbocycles. The van der Waals surface area contributed by atoms with Gasteiger partial charge in [-0.15, -0.1) is 0 Å². The summed E-state index contributed by atoms with van der Waals surface area (Å²) in [5.74, 6) is -0.144. The van der Waals surface area contributed by atoms with E-state index in [9.17, 15) is 9.59 Å². The first-order valence-corrected chi connectivity index (χ1v) is 10.3. The Balaban J connectivity index is 1.29. The molecule has 0 bridgehead atoms. The van der Waals surface area contributed by atoms with Gasteiger partial charge in [0.15, 0.2) is 0 Å². The van der Waals surface area contributed by atoms with Crippen molar-refractivity contribution in [3.8, 4) is 11.1 Å². The molecule has 150 valence electrons. The fourth-order valence-corrected chi connectivity index (χ4v) is 4.38. The molecule has 2 saturated heterocycles.